The monoisotopic (exact) mass is 281 g/mol. The van der Waals surface area contributed by atoms with Crippen LogP contribution in [0.15, 0.2) is 18.2 Å². The highest BCUT2D eigenvalue weighted by molar-refractivity contribution is 5.96. The van der Waals surface area contributed by atoms with Crippen LogP contribution in [-0.2, 0) is 9.47 Å². The van der Waals surface area contributed by atoms with Crippen molar-refractivity contribution in [3.05, 3.63) is 23.8 Å². The predicted octanol–water partition coefficient (Wildman–Crippen LogP) is 0.726. The van der Waals surface area contributed by atoms with Gasteiger partial charge in [-0.05, 0) is 18.2 Å². The Morgan fingerprint density at radius 3 is 2.60 bits per heavy atom. The molecule has 0 aromatic heterocycles. The highest BCUT2D eigenvalue weighted by atomic mass is 16.5. The summed E-state index contributed by atoms with van der Waals surface area (Å²) in [6, 6.07) is 5.25. The topological polar surface area (TPSA) is 76.8 Å². The highest BCUT2D eigenvalue weighted by Crippen LogP contribution is 2.22. The summed E-state index contributed by atoms with van der Waals surface area (Å²) in [5, 5.41) is 2.80. The molecule has 112 valence electrons. The number of rotatable bonds is 7. The number of carbonyl (C=O) groups excluding carboxylic acids is 1. The second-order valence-electron chi connectivity index (χ2n) is 4.69. The van der Waals surface area contributed by atoms with Crippen molar-refractivity contribution in [2.45, 2.75) is 6.10 Å². The molecule has 0 saturated carbocycles. The Balaban J connectivity index is 2.66. The van der Waals surface area contributed by atoms with Crippen LogP contribution in [0.5, 0.6) is 0 Å². The number of hydrogen-bond acceptors (Lipinski definition) is 5. The van der Waals surface area contributed by atoms with E-state index < -0.39 is 0 Å². The van der Waals surface area contributed by atoms with Gasteiger partial charge in [-0.2, -0.15) is 0 Å². The maximum Gasteiger partial charge on any atom is 0.251 e. The van der Waals surface area contributed by atoms with Gasteiger partial charge in [0.1, 0.15) is 0 Å². The molecule has 0 aliphatic heterocycles. The quantitative estimate of drug-likeness (QED) is 0.720. The molecule has 0 radical (unpaired) electrons. The molecule has 1 aromatic carbocycles. The maximum atomic E-state index is 12.0. The van der Waals surface area contributed by atoms with Crippen molar-refractivity contribution in [3.8, 4) is 0 Å². The van der Waals surface area contributed by atoms with Crippen LogP contribution in [0.2, 0.25) is 0 Å². The minimum atomic E-state index is -0.180. The van der Waals surface area contributed by atoms with Crippen LogP contribution in [0.3, 0.4) is 0 Å². The van der Waals surface area contributed by atoms with Crippen molar-refractivity contribution in [2.24, 2.45) is 0 Å². The Hall–Kier alpha value is -1.79. The fraction of sp³-hybridized carbons (Fsp3) is 0.500. The maximum absolute atomic E-state index is 12.0. The smallest absolute Gasteiger partial charge is 0.251 e. The molecule has 1 aromatic rings. The van der Waals surface area contributed by atoms with E-state index in [-0.39, 0.29) is 12.0 Å². The van der Waals surface area contributed by atoms with Crippen molar-refractivity contribution >= 4 is 17.3 Å². The first kappa shape index (κ1) is 16.3. The van der Waals surface area contributed by atoms with Crippen LogP contribution in [0.1, 0.15) is 10.4 Å². The molecule has 0 spiro atoms. The van der Waals surface area contributed by atoms with Crippen LogP contribution in [-0.4, -0.2) is 53.5 Å². The lowest BCUT2D eigenvalue weighted by Gasteiger charge is -2.17. The zero-order valence-corrected chi connectivity index (χ0v) is 12.5. The molecular formula is C14H23N3O3. The van der Waals surface area contributed by atoms with Gasteiger partial charge in [0.15, 0.2) is 0 Å². The van der Waals surface area contributed by atoms with Crippen LogP contribution >= 0.6 is 0 Å². The largest absolute Gasteiger partial charge is 0.397 e. The van der Waals surface area contributed by atoms with E-state index in [9.17, 15) is 4.79 Å². The number of hydrogen-bond donors (Lipinski definition) is 2. The summed E-state index contributed by atoms with van der Waals surface area (Å²) in [5.74, 6) is -0.180. The summed E-state index contributed by atoms with van der Waals surface area (Å²) < 4.78 is 10.2. The Kier molecular flexibility index (Phi) is 6.27. The number of ether oxygens (including phenoxy) is 2. The summed E-state index contributed by atoms with van der Waals surface area (Å²) >= 11 is 0. The number of nitrogens with zero attached hydrogens (tertiary/aromatic N) is 1. The van der Waals surface area contributed by atoms with Gasteiger partial charge < -0.3 is 25.4 Å². The number of nitrogen functional groups attached to an aromatic ring is 1. The third-order valence-electron chi connectivity index (χ3n) is 2.95. The SMILES string of the molecule is COCC(CNC(=O)c1ccc(N(C)C)c(N)c1)OC. The van der Waals surface area contributed by atoms with E-state index in [1.807, 2.05) is 25.1 Å². The van der Waals surface area contributed by atoms with Gasteiger partial charge >= 0.3 is 0 Å². The summed E-state index contributed by atoms with van der Waals surface area (Å²) in [7, 11) is 6.98. The Bertz CT molecular complexity index is 449. The average Bonchev–Trinajstić information content (AvgIpc) is 2.42. The molecular weight excluding hydrogens is 258 g/mol. The minimum absolute atomic E-state index is 0.164. The van der Waals surface area contributed by atoms with Crippen LogP contribution in [0, 0.1) is 0 Å². The fourth-order valence-corrected chi connectivity index (χ4v) is 1.81. The van der Waals surface area contributed by atoms with Gasteiger partial charge in [-0.1, -0.05) is 0 Å². The molecule has 0 heterocycles. The van der Waals surface area contributed by atoms with Gasteiger partial charge in [0.2, 0.25) is 0 Å². The number of nitrogens with two attached hydrogens (primary N) is 1. The summed E-state index contributed by atoms with van der Waals surface area (Å²) in [6.07, 6.45) is -0.164. The van der Waals surface area contributed by atoms with E-state index in [0.29, 0.717) is 24.4 Å². The molecule has 1 atom stereocenters. The van der Waals surface area contributed by atoms with E-state index in [4.69, 9.17) is 15.2 Å². The van der Waals surface area contributed by atoms with E-state index in [1.165, 1.54) is 0 Å². The van der Waals surface area contributed by atoms with Crippen LogP contribution in [0.4, 0.5) is 11.4 Å². The molecule has 1 amide bonds. The van der Waals surface area contributed by atoms with E-state index in [2.05, 4.69) is 5.32 Å². The van der Waals surface area contributed by atoms with Crippen LogP contribution < -0.4 is 16.0 Å². The molecule has 6 heteroatoms. The van der Waals surface area contributed by atoms with Crippen molar-refractivity contribution in [2.75, 3.05) is 52.1 Å². The first-order chi connectivity index (χ1) is 9.49. The van der Waals surface area contributed by atoms with E-state index in [0.717, 1.165) is 5.69 Å². The lowest BCUT2D eigenvalue weighted by Crippen LogP contribution is -2.35. The van der Waals surface area contributed by atoms with Gasteiger partial charge in [-0.25, -0.2) is 0 Å². The molecule has 20 heavy (non-hydrogen) atoms. The predicted molar refractivity (Wildman–Crippen MR) is 80.2 cm³/mol. The van der Waals surface area contributed by atoms with Crippen molar-refractivity contribution < 1.29 is 14.3 Å². The molecule has 0 saturated heterocycles. The van der Waals surface area contributed by atoms with Gasteiger partial charge in [0.25, 0.3) is 5.91 Å². The normalized spacial score (nSPS) is 12.0. The Morgan fingerprint density at radius 1 is 1.40 bits per heavy atom. The lowest BCUT2D eigenvalue weighted by molar-refractivity contribution is 0.0285. The zero-order valence-electron chi connectivity index (χ0n) is 12.5. The second-order valence-corrected chi connectivity index (χ2v) is 4.69. The number of benzene rings is 1. The number of nitrogens with one attached hydrogen (secondary N) is 1. The van der Waals surface area contributed by atoms with Gasteiger partial charge in [0, 0.05) is 40.4 Å². The van der Waals surface area contributed by atoms with Crippen molar-refractivity contribution in [1.82, 2.24) is 5.32 Å². The second kappa shape index (κ2) is 7.72. The van der Waals surface area contributed by atoms with Crippen LogP contribution in [0.25, 0.3) is 0 Å². The molecule has 0 aliphatic carbocycles. The highest BCUT2D eigenvalue weighted by Gasteiger charge is 2.12. The van der Waals surface area contributed by atoms with E-state index in [1.54, 1.807) is 26.4 Å². The third-order valence-corrected chi connectivity index (χ3v) is 2.95. The standard InChI is InChI=1S/C14H23N3O3/c1-17(2)13-6-5-10(7-12(13)15)14(18)16-8-11(20-4)9-19-3/h5-7,11H,8-9,15H2,1-4H3,(H,16,18). The lowest BCUT2D eigenvalue weighted by atomic mass is 10.1. The Morgan fingerprint density at radius 2 is 2.10 bits per heavy atom. The Labute approximate surface area is 119 Å². The van der Waals surface area contributed by atoms with Crippen molar-refractivity contribution in [3.63, 3.8) is 0 Å². The summed E-state index contributed by atoms with van der Waals surface area (Å²) in [6.45, 7) is 0.816. The molecule has 0 fully saturated rings. The number of amides is 1. The zero-order chi connectivity index (χ0) is 15.1. The molecule has 6 nitrogen and oxygen atoms in total. The van der Waals surface area contributed by atoms with E-state index >= 15 is 0 Å². The summed E-state index contributed by atoms with van der Waals surface area (Å²) in [5.41, 5.74) is 7.91. The minimum Gasteiger partial charge on any atom is -0.397 e. The number of methoxy groups -OCH3 is 2. The summed E-state index contributed by atoms with van der Waals surface area (Å²) in [4.78, 5) is 13.9. The average molecular weight is 281 g/mol. The van der Waals surface area contributed by atoms with Gasteiger partial charge in [-0.15, -0.1) is 0 Å². The number of carbonyl (C=O) groups is 1. The first-order valence-electron chi connectivity index (χ1n) is 6.36. The molecule has 0 bridgehead atoms. The molecule has 0 aliphatic rings. The first-order valence-corrected chi connectivity index (χ1v) is 6.36. The molecule has 3 N–H and O–H groups in total. The molecule has 1 unspecified atom stereocenters. The van der Waals surface area contributed by atoms with Crippen molar-refractivity contribution in [1.29, 1.82) is 0 Å². The molecule has 1 rings (SSSR count). The number of anilines is 2. The fourth-order valence-electron chi connectivity index (χ4n) is 1.81. The van der Waals surface area contributed by atoms with Gasteiger partial charge in [0.05, 0.1) is 24.1 Å². The third kappa shape index (κ3) is 4.40. The van der Waals surface area contributed by atoms with Gasteiger partial charge in [-0.3, -0.25) is 4.79 Å².